The van der Waals surface area contributed by atoms with Gasteiger partial charge in [-0.3, -0.25) is 10.1 Å². The molecule has 7 nitrogen and oxygen atoms in total. The maximum Gasteiger partial charge on any atom is 0.387 e. The first kappa shape index (κ1) is 17.1. The van der Waals surface area contributed by atoms with E-state index < -0.39 is 17.6 Å². The minimum Gasteiger partial charge on any atom is -0.434 e. The highest BCUT2D eigenvalue weighted by Gasteiger charge is 2.11. The Bertz CT molecular complexity index is 740. The molecule has 0 aromatic heterocycles. The summed E-state index contributed by atoms with van der Waals surface area (Å²) in [5.41, 5.74) is 0.439. The predicted octanol–water partition coefficient (Wildman–Crippen LogP) is 3.52. The second kappa shape index (κ2) is 7.86. The smallest absolute Gasteiger partial charge is 0.387 e. The van der Waals surface area contributed by atoms with Crippen molar-refractivity contribution in [3.63, 3.8) is 0 Å². The second-order valence-electron chi connectivity index (χ2n) is 4.60. The summed E-state index contributed by atoms with van der Waals surface area (Å²) in [5.74, 6) is -0.0388. The number of nitro groups is 1. The van der Waals surface area contributed by atoms with Crippen molar-refractivity contribution < 1.29 is 23.2 Å². The number of hydrogen-bond acceptors (Lipinski definition) is 4. The number of nitrogens with zero attached hydrogens (tertiary/aromatic N) is 1. The number of alkyl halides is 2. The summed E-state index contributed by atoms with van der Waals surface area (Å²) in [7, 11) is 0. The molecule has 2 rings (SSSR count). The van der Waals surface area contributed by atoms with Gasteiger partial charge in [-0.25, -0.2) is 4.79 Å². The van der Waals surface area contributed by atoms with Crippen LogP contribution in [-0.4, -0.2) is 17.6 Å². The summed E-state index contributed by atoms with van der Waals surface area (Å²) in [5, 5.41) is 15.6. The number of ether oxygens (including phenoxy) is 1. The maximum atomic E-state index is 12.3. The Balaban J connectivity index is 1.96. The van der Waals surface area contributed by atoms with Crippen molar-refractivity contribution in [3.05, 3.63) is 64.2 Å². The van der Waals surface area contributed by atoms with E-state index in [0.29, 0.717) is 5.56 Å². The van der Waals surface area contributed by atoms with E-state index in [2.05, 4.69) is 15.4 Å². The van der Waals surface area contributed by atoms with Gasteiger partial charge in [-0.15, -0.1) is 0 Å². The van der Waals surface area contributed by atoms with Crippen LogP contribution >= 0.6 is 0 Å². The molecule has 9 heteroatoms. The van der Waals surface area contributed by atoms with E-state index in [0.717, 1.165) is 0 Å². The summed E-state index contributed by atoms with van der Waals surface area (Å²) in [6, 6.07) is 10.8. The lowest BCUT2D eigenvalue weighted by Crippen LogP contribution is -2.28. The van der Waals surface area contributed by atoms with Crippen molar-refractivity contribution in [1.29, 1.82) is 0 Å². The second-order valence-corrected chi connectivity index (χ2v) is 4.60. The highest BCUT2D eigenvalue weighted by Crippen LogP contribution is 2.20. The Morgan fingerprint density at radius 3 is 2.67 bits per heavy atom. The summed E-state index contributed by atoms with van der Waals surface area (Å²) in [6.45, 7) is -3.02. The van der Waals surface area contributed by atoms with Crippen LogP contribution in [0, 0.1) is 10.1 Å². The topological polar surface area (TPSA) is 93.5 Å². The number of para-hydroxylation sites is 1. The van der Waals surface area contributed by atoms with Gasteiger partial charge in [0.15, 0.2) is 0 Å². The first-order valence-electron chi connectivity index (χ1n) is 6.77. The van der Waals surface area contributed by atoms with Gasteiger partial charge in [-0.1, -0.05) is 24.3 Å². The molecular weight excluding hydrogens is 324 g/mol. The molecule has 0 bridgehead atoms. The fraction of sp³-hybridized carbons (Fsp3) is 0.133. The number of carbonyl (C=O) groups excluding carboxylic acids is 1. The van der Waals surface area contributed by atoms with Crippen molar-refractivity contribution in [2.45, 2.75) is 13.2 Å². The third-order valence-electron chi connectivity index (χ3n) is 2.94. The van der Waals surface area contributed by atoms with Crippen molar-refractivity contribution in [3.8, 4) is 5.75 Å². The minimum absolute atomic E-state index is 0.0388. The number of anilines is 1. The lowest BCUT2D eigenvalue weighted by molar-refractivity contribution is -0.384. The molecule has 0 radical (unpaired) electrons. The quantitative estimate of drug-likeness (QED) is 0.623. The third-order valence-corrected chi connectivity index (χ3v) is 2.94. The summed E-state index contributed by atoms with van der Waals surface area (Å²) in [4.78, 5) is 21.9. The molecule has 2 aromatic carbocycles. The number of halogens is 2. The molecule has 2 amide bonds. The van der Waals surface area contributed by atoms with E-state index in [-0.39, 0.29) is 23.7 Å². The van der Waals surface area contributed by atoms with Crippen LogP contribution in [0.5, 0.6) is 5.75 Å². The number of rotatable bonds is 6. The van der Waals surface area contributed by atoms with Crippen LogP contribution in [0.15, 0.2) is 48.5 Å². The number of nitro benzene ring substituents is 1. The fourth-order valence-electron chi connectivity index (χ4n) is 1.91. The zero-order chi connectivity index (χ0) is 17.5. The first-order chi connectivity index (χ1) is 11.5. The Labute approximate surface area is 135 Å². The number of non-ortho nitro benzene ring substituents is 1. The Morgan fingerprint density at radius 1 is 1.21 bits per heavy atom. The van der Waals surface area contributed by atoms with Crippen molar-refractivity contribution in [1.82, 2.24) is 5.32 Å². The molecule has 0 atom stereocenters. The largest absolute Gasteiger partial charge is 0.434 e. The molecule has 2 aromatic rings. The summed E-state index contributed by atoms with van der Waals surface area (Å²) >= 11 is 0. The van der Waals surface area contributed by atoms with Gasteiger partial charge >= 0.3 is 12.6 Å². The number of carbonyl (C=O) groups is 1. The van der Waals surface area contributed by atoms with E-state index in [1.54, 1.807) is 6.07 Å². The first-order valence-corrected chi connectivity index (χ1v) is 6.77. The lowest BCUT2D eigenvalue weighted by atomic mass is 10.2. The van der Waals surface area contributed by atoms with Crippen LogP contribution in [0.25, 0.3) is 0 Å². The van der Waals surface area contributed by atoms with Crippen LogP contribution < -0.4 is 15.4 Å². The van der Waals surface area contributed by atoms with Gasteiger partial charge in [0.2, 0.25) is 0 Å². The summed E-state index contributed by atoms with van der Waals surface area (Å²) < 4.78 is 29.0. The molecule has 0 aliphatic rings. The highest BCUT2D eigenvalue weighted by molar-refractivity contribution is 5.89. The average molecular weight is 337 g/mol. The molecule has 0 spiro atoms. The van der Waals surface area contributed by atoms with Gasteiger partial charge in [-0.05, 0) is 12.1 Å². The Kier molecular flexibility index (Phi) is 5.61. The standard InChI is InChI=1S/C15H13F2N3O4/c16-14(17)24-13-7-2-1-4-10(13)9-18-15(21)19-11-5-3-6-12(8-11)20(22)23/h1-8,14H,9H2,(H2,18,19,21). The van der Waals surface area contributed by atoms with E-state index in [4.69, 9.17) is 0 Å². The maximum absolute atomic E-state index is 12.3. The molecule has 0 saturated carbocycles. The van der Waals surface area contributed by atoms with Crippen LogP contribution in [0.1, 0.15) is 5.56 Å². The number of benzene rings is 2. The van der Waals surface area contributed by atoms with Gasteiger partial charge < -0.3 is 15.4 Å². The molecule has 0 aliphatic heterocycles. The molecule has 0 saturated heterocycles. The third kappa shape index (κ3) is 4.90. The zero-order valence-electron chi connectivity index (χ0n) is 12.2. The number of urea groups is 1. The average Bonchev–Trinajstić information content (AvgIpc) is 2.53. The van der Waals surface area contributed by atoms with Crippen LogP contribution in [-0.2, 0) is 6.54 Å². The van der Waals surface area contributed by atoms with E-state index in [1.807, 2.05) is 0 Å². The zero-order valence-corrected chi connectivity index (χ0v) is 12.2. The van der Waals surface area contributed by atoms with Gasteiger partial charge in [0.1, 0.15) is 5.75 Å². The molecule has 24 heavy (non-hydrogen) atoms. The van der Waals surface area contributed by atoms with E-state index in [1.165, 1.54) is 42.5 Å². The van der Waals surface area contributed by atoms with Gasteiger partial charge in [0, 0.05) is 29.9 Å². The van der Waals surface area contributed by atoms with Gasteiger partial charge in [-0.2, -0.15) is 8.78 Å². The molecular formula is C15H13F2N3O4. The van der Waals surface area contributed by atoms with Gasteiger partial charge in [0.05, 0.1) is 4.92 Å². The van der Waals surface area contributed by atoms with Crippen LogP contribution in [0.3, 0.4) is 0 Å². The van der Waals surface area contributed by atoms with Gasteiger partial charge in [0.25, 0.3) is 5.69 Å². The SMILES string of the molecule is O=C(NCc1ccccc1OC(F)F)Nc1cccc([N+](=O)[O-])c1. The van der Waals surface area contributed by atoms with Crippen molar-refractivity contribution in [2.75, 3.05) is 5.32 Å². The normalized spacial score (nSPS) is 10.3. The summed E-state index contributed by atoms with van der Waals surface area (Å²) in [6.07, 6.45) is 0. The number of amides is 2. The Morgan fingerprint density at radius 2 is 1.96 bits per heavy atom. The molecule has 2 N–H and O–H groups in total. The van der Waals surface area contributed by atoms with Crippen LogP contribution in [0.4, 0.5) is 25.0 Å². The van der Waals surface area contributed by atoms with E-state index >= 15 is 0 Å². The molecule has 126 valence electrons. The monoisotopic (exact) mass is 337 g/mol. The number of hydrogen-bond donors (Lipinski definition) is 2. The molecule has 0 unspecified atom stereocenters. The minimum atomic E-state index is -2.97. The Hall–Kier alpha value is -3.23. The van der Waals surface area contributed by atoms with Crippen LogP contribution in [0.2, 0.25) is 0 Å². The molecule has 0 fully saturated rings. The fourth-order valence-corrected chi connectivity index (χ4v) is 1.91. The van der Waals surface area contributed by atoms with Crippen molar-refractivity contribution >= 4 is 17.4 Å². The van der Waals surface area contributed by atoms with E-state index in [9.17, 15) is 23.7 Å². The lowest BCUT2D eigenvalue weighted by Gasteiger charge is -2.12. The highest BCUT2D eigenvalue weighted by atomic mass is 19.3. The molecule has 0 aliphatic carbocycles. The molecule has 0 heterocycles. The van der Waals surface area contributed by atoms with Crippen molar-refractivity contribution in [2.24, 2.45) is 0 Å². The predicted molar refractivity (Wildman–Crippen MR) is 82.0 cm³/mol. The number of nitrogens with one attached hydrogen (secondary N) is 2.